The summed E-state index contributed by atoms with van der Waals surface area (Å²) in [5.74, 6) is 1.25. The Kier molecular flexibility index (Phi) is 3.36. The standard InChI is InChI=1S/C17H14O4/c1-2-20-13-5-3-4-11(8-13)9-16-17(19)14-7-6-12(18)10-15(14)21-16/h3-10,18H,2H2,1H3/b16-9-. The molecule has 2 aromatic rings. The molecule has 0 spiro atoms. The molecule has 21 heavy (non-hydrogen) atoms. The van der Waals surface area contributed by atoms with Crippen LogP contribution in [-0.2, 0) is 0 Å². The molecule has 1 N–H and O–H groups in total. The molecule has 0 saturated carbocycles. The number of carbonyl (C=O) groups excluding carboxylic acids is 1. The van der Waals surface area contributed by atoms with Crippen molar-refractivity contribution in [2.24, 2.45) is 0 Å². The Morgan fingerprint density at radius 3 is 2.90 bits per heavy atom. The fourth-order valence-corrected chi connectivity index (χ4v) is 2.19. The van der Waals surface area contributed by atoms with Crippen LogP contribution in [0.15, 0.2) is 48.2 Å². The SMILES string of the molecule is CCOc1cccc(/C=C2\Oc3cc(O)ccc3C2=O)c1. The zero-order valence-electron chi connectivity index (χ0n) is 11.5. The number of aromatic hydroxyl groups is 1. The Labute approximate surface area is 122 Å². The average Bonchev–Trinajstić information content (AvgIpc) is 2.75. The van der Waals surface area contributed by atoms with E-state index in [-0.39, 0.29) is 17.3 Å². The predicted octanol–water partition coefficient (Wildman–Crippen LogP) is 3.41. The third-order valence-electron chi connectivity index (χ3n) is 3.12. The van der Waals surface area contributed by atoms with Gasteiger partial charge in [0.1, 0.15) is 17.2 Å². The lowest BCUT2D eigenvalue weighted by atomic mass is 10.1. The second-order valence-corrected chi connectivity index (χ2v) is 4.63. The number of phenolic OH excluding ortho intramolecular Hbond substituents is 1. The van der Waals surface area contributed by atoms with Crippen LogP contribution < -0.4 is 9.47 Å². The van der Waals surface area contributed by atoms with Gasteiger partial charge in [-0.25, -0.2) is 0 Å². The van der Waals surface area contributed by atoms with Crippen LogP contribution in [0.3, 0.4) is 0 Å². The van der Waals surface area contributed by atoms with Gasteiger partial charge < -0.3 is 14.6 Å². The smallest absolute Gasteiger partial charge is 0.231 e. The van der Waals surface area contributed by atoms with Crippen LogP contribution in [0, 0.1) is 0 Å². The monoisotopic (exact) mass is 282 g/mol. The van der Waals surface area contributed by atoms with Crippen molar-refractivity contribution in [2.75, 3.05) is 6.61 Å². The highest BCUT2D eigenvalue weighted by Gasteiger charge is 2.27. The van der Waals surface area contributed by atoms with Crippen molar-refractivity contribution in [3.63, 3.8) is 0 Å². The summed E-state index contributed by atoms with van der Waals surface area (Å²) >= 11 is 0. The Balaban J connectivity index is 1.92. The van der Waals surface area contributed by atoms with E-state index in [0.29, 0.717) is 17.9 Å². The van der Waals surface area contributed by atoms with Gasteiger partial charge in [0.25, 0.3) is 0 Å². The van der Waals surface area contributed by atoms with Gasteiger partial charge in [-0.2, -0.15) is 0 Å². The molecule has 1 aliphatic heterocycles. The van der Waals surface area contributed by atoms with Crippen LogP contribution in [0.2, 0.25) is 0 Å². The van der Waals surface area contributed by atoms with Gasteiger partial charge in [0, 0.05) is 6.07 Å². The van der Waals surface area contributed by atoms with Gasteiger partial charge in [0.2, 0.25) is 5.78 Å². The van der Waals surface area contributed by atoms with Crippen LogP contribution in [0.1, 0.15) is 22.8 Å². The average molecular weight is 282 g/mol. The van der Waals surface area contributed by atoms with Gasteiger partial charge in [-0.1, -0.05) is 12.1 Å². The fraction of sp³-hybridized carbons (Fsp3) is 0.118. The summed E-state index contributed by atoms with van der Waals surface area (Å²) in [5.41, 5.74) is 1.28. The molecular formula is C17H14O4. The van der Waals surface area contributed by atoms with Gasteiger partial charge in [-0.15, -0.1) is 0 Å². The highest BCUT2D eigenvalue weighted by Crippen LogP contribution is 2.34. The number of rotatable bonds is 3. The summed E-state index contributed by atoms with van der Waals surface area (Å²) in [7, 11) is 0. The number of allylic oxidation sites excluding steroid dienone is 1. The predicted molar refractivity (Wildman–Crippen MR) is 78.7 cm³/mol. The summed E-state index contributed by atoms with van der Waals surface area (Å²) in [6.07, 6.45) is 1.67. The molecule has 0 saturated heterocycles. The number of Topliss-reactive ketones (excluding diaryl/α,β-unsaturated/α-hetero) is 1. The third-order valence-corrected chi connectivity index (χ3v) is 3.12. The first-order valence-corrected chi connectivity index (χ1v) is 6.67. The van der Waals surface area contributed by atoms with Gasteiger partial charge >= 0.3 is 0 Å². The van der Waals surface area contributed by atoms with Gasteiger partial charge in [-0.3, -0.25) is 4.79 Å². The van der Waals surface area contributed by atoms with E-state index in [9.17, 15) is 9.90 Å². The molecule has 0 atom stereocenters. The first-order valence-electron chi connectivity index (χ1n) is 6.67. The van der Waals surface area contributed by atoms with Crippen LogP contribution in [-0.4, -0.2) is 17.5 Å². The number of fused-ring (bicyclic) bond motifs is 1. The highest BCUT2D eigenvalue weighted by molar-refractivity contribution is 6.14. The van der Waals surface area contributed by atoms with E-state index in [1.807, 2.05) is 31.2 Å². The normalized spacial score (nSPS) is 14.9. The third kappa shape index (κ3) is 2.60. The van der Waals surface area contributed by atoms with Gasteiger partial charge in [-0.05, 0) is 42.8 Å². The van der Waals surface area contributed by atoms with Crippen LogP contribution >= 0.6 is 0 Å². The van der Waals surface area contributed by atoms with Crippen molar-refractivity contribution < 1.29 is 19.4 Å². The first-order chi connectivity index (χ1) is 10.2. The topological polar surface area (TPSA) is 55.8 Å². The molecule has 106 valence electrons. The molecule has 0 radical (unpaired) electrons. The number of hydrogen-bond acceptors (Lipinski definition) is 4. The molecule has 0 unspecified atom stereocenters. The van der Waals surface area contributed by atoms with Crippen molar-refractivity contribution in [1.82, 2.24) is 0 Å². The highest BCUT2D eigenvalue weighted by atomic mass is 16.5. The minimum atomic E-state index is -0.188. The van der Waals surface area contributed by atoms with Gasteiger partial charge in [0.15, 0.2) is 5.76 Å². The molecular weight excluding hydrogens is 268 g/mol. The zero-order valence-corrected chi connectivity index (χ0v) is 11.5. The molecule has 4 nitrogen and oxygen atoms in total. The molecule has 0 amide bonds. The number of carbonyl (C=O) groups is 1. The first kappa shape index (κ1) is 13.2. The Morgan fingerprint density at radius 1 is 1.24 bits per heavy atom. The molecule has 0 aliphatic carbocycles. The number of benzene rings is 2. The summed E-state index contributed by atoms with van der Waals surface area (Å²) in [4.78, 5) is 12.2. The van der Waals surface area contributed by atoms with Crippen molar-refractivity contribution in [2.45, 2.75) is 6.92 Å². The van der Waals surface area contributed by atoms with Crippen molar-refractivity contribution in [3.05, 3.63) is 59.4 Å². The minimum Gasteiger partial charge on any atom is -0.508 e. The number of hydrogen-bond donors (Lipinski definition) is 1. The van der Waals surface area contributed by atoms with Crippen LogP contribution in [0.25, 0.3) is 6.08 Å². The molecule has 4 heteroatoms. The van der Waals surface area contributed by atoms with Crippen molar-refractivity contribution in [1.29, 1.82) is 0 Å². The molecule has 3 rings (SSSR count). The largest absolute Gasteiger partial charge is 0.508 e. The summed E-state index contributed by atoms with van der Waals surface area (Å²) in [6, 6.07) is 11.9. The second kappa shape index (κ2) is 5.32. The number of ether oxygens (including phenoxy) is 2. The van der Waals surface area contributed by atoms with E-state index < -0.39 is 0 Å². The second-order valence-electron chi connectivity index (χ2n) is 4.63. The van der Waals surface area contributed by atoms with Crippen LogP contribution in [0.5, 0.6) is 17.2 Å². The quantitative estimate of drug-likeness (QED) is 0.876. The van der Waals surface area contributed by atoms with E-state index >= 15 is 0 Å². The van der Waals surface area contributed by atoms with Gasteiger partial charge in [0.05, 0.1) is 12.2 Å². The van der Waals surface area contributed by atoms with E-state index in [1.54, 1.807) is 12.1 Å². The molecule has 0 aromatic heterocycles. The number of ketones is 1. The molecule has 2 aromatic carbocycles. The summed E-state index contributed by atoms with van der Waals surface area (Å²) < 4.78 is 10.9. The maximum absolute atomic E-state index is 12.2. The van der Waals surface area contributed by atoms with E-state index in [2.05, 4.69) is 0 Å². The molecule has 0 fully saturated rings. The van der Waals surface area contributed by atoms with E-state index in [1.165, 1.54) is 12.1 Å². The van der Waals surface area contributed by atoms with Crippen molar-refractivity contribution in [3.8, 4) is 17.2 Å². The Bertz CT molecular complexity index is 731. The van der Waals surface area contributed by atoms with Crippen LogP contribution in [0.4, 0.5) is 0 Å². The van der Waals surface area contributed by atoms with E-state index in [4.69, 9.17) is 9.47 Å². The minimum absolute atomic E-state index is 0.0705. The lowest BCUT2D eigenvalue weighted by Crippen LogP contribution is -1.98. The molecule has 1 aliphatic rings. The zero-order chi connectivity index (χ0) is 14.8. The number of phenols is 1. The lowest BCUT2D eigenvalue weighted by Gasteiger charge is -2.04. The summed E-state index contributed by atoms with van der Waals surface area (Å²) in [5, 5.41) is 9.43. The Morgan fingerprint density at radius 2 is 2.10 bits per heavy atom. The molecule has 1 heterocycles. The van der Waals surface area contributed by atoms with E-state index in [0.717, 1.165) is 11.3 Å². The maximum atomic E-state index is 12.2. The maximum Gasteiger partial charge on any atom is 0.231 e. The molecule has 0 bridgehead atoms. The lowest BCUT2D eigenvalue weighted by molar-refractivity contribution is 0.101. The fourth-order valence-electron chi connectivity index (χ4n) is 2.19. The summed E-state index contributed by atoms with van der Waals surface area (Å²) in [6.45, 7) is 2.50. The van der Waals surface area contributed by atoms with Crippen molar-refractivity contribution >= 4 is 11.9 Å². The Hall–Kier alpha value is -2.75.